The Labute approximate surface area is 92.0 Å². The molecule has 0 unspecified atom stereocenters. The van der Waals surface area contributed by atoms with E-state index in [1.165, 1.54) is 20.3 Å². The average Bonchev–Trinajstić information content (AvgIpc) is 2.27. The molecule has 78 valence electrons. The molecule has 0 saturated carbocycles. The molecule has 0 aliphatic rings. The summed E-state index contributed by atoms with van der Waals surface area (Å²) in [7, 11) is 2.77. The van der Waals surface area contributed by atoms with Crippen molar-refractivity contribution < 1.29 is 14.3 Å². The lowest BCUT2D eigenvalue weighted by atomic mass is 10.1. The number of hydrogen-bond acceptors (Lipinski definition) is 4. The van der Waals surface area contributed by atoms with Crippen molar-refractivity contribution in [1.29, 1.82) is 5.26 Å². The van der Waals surface area contributed by atoms with Crippen molar-refractivity contribution in [2.24, 2.45) is 0 Å². The van der Waals surface area contributed by atoms with Crippen LogP contribution in [-0.2, 0) is 0 Å². The fraction of sp³-hybridized carbons (Fsp3) is 0.200. The minimum absolute atomic E-state index is 0.166. The SMILES string of the molecule is COc1c(C#N)cc(Cl)c(C=O)c1OC. The Hall–Kier alpha value is -1.73. The third-order valence-corrected chi connectivity index (χ3v) is 2.18. The fourth-order valence-corrected chi connectivity index (χ4v) is 1.46. The van der Waals surface area contributed by atoms with E-state index in [1.807, 2.05) is 6.07 Å². The topological polar surface area (TPSA) is 59.3 Å². The summed E-state index contributed by atoms with van der Waals surface area (Å²) in [5.41, 5.74) is 0.403. The molecule has 0 radical (unpaired) electrons. The van der Waals surface area contributed by atoms with Crippen molar-refractivity contribution >= 4 is 17.9 Å². The first-order chi connectivity index (χ1) is 7.19. The lowest BCUT2D eigenvalue weighted by molar-refractivity contribution is 0.112. The van der Waals surface area contributed by atoms with Crippen molar-refractivity contribution in [1.82, 2.24) is 0 Å². The number of carbonyl (C=O) groups is 1. The number of ether oxygens (including phenoxy) is 2. The largest absolute Gasteiger partial charge is 0.492 e. The van der Waals surface area contributed by atoms with Crippen LogP contribution in [-0.4, -0.2) is 20.5 Å². The standard InChI is InChI=1S/C10H8ClNO3/c1-14-9-6(4-12)3-8(11)7(5-13)10(9)15-2/h3,5H,1-2H3. The second-order valence-electron chi connectivity index (χ2n) is 2.62. The highest BCUT2D eigenvalue weighted by molar-refractivity contribution is 6.33. The van der Waals surface area contributed by atoms with E-state index in [-0.39, 0.29) is 27.6 Å². The van der Waals surface area contributed by atoms with Gasteiger partial charge in [-0.1, -0.05) is 11.6 Å². The van der Waals surface area contributed by atoms with Crippen LogP contribution in [0.25, 0.3) is 0 Å². The van der Waals surface area contributed by atoms with E-state index in [0.717, 1.165) is 0 Å². The summed E-state index contributed by atoms with van der Waals surface area (Å²) in [4.78, 5) is 10.8. The summed E-state index contributed by atoms with van der Waals surface area (Å²) in [5.74, 6) is 0.392. The van der Waals surface area contributed by atoms with Crippen LogP contribution in [0.3, 0.4) is 0 Å². The van der Waals surface area contributed by atoms with E-state index in [0.29, 0.717) is 6.29 Å². The Morgan fingerprint density at radius 2 is 2.00 bits per heavy atom. The van der Waals surface area contributed by atoms with E-state index in [1.54, 1.807) is 0 Å². The number of nitriles is 1. The van der Waals surface area contributed by atoms with Gasteiger partial charge in [0.05, 0.1) is 30.4 Å². The molecule has 1 rings (SSSR count). The van der Waals surface area contributed by atoms with Crippen LogP contribution in [0.15, 0.2) is 6.07 Å². The quantitative estimate of drug-likeness (QED) is 0.739. The van der Waals surface area contributed by atoms with Gasteiger partial charge in [-0.3, -0.25) is 4.79 Å². The van der Waals surface area contributed by atoms with Gasteiger partial charge in [0.25, 0.3) is 0 Å². The first-order valence-electron chi connectivity index (χ1n) is 3.99. The molecule has 0 saturated heterocycles. The number of halogens is 1. The lowest BCUT2D eigenvalue weighted by Crippen LogP contribution is -1.98. The summed E-state index contributed by atoms with van der Waals surface area (Å²) in [6.45, 7) is 0. The molecule has 1 aromatic carbocycles. The van der Waals surface area contributed by atoms with Crippen molar-refractivity contribution in [3.8, 4) is 17.6 Å². The third kappa shape index (κ3) is 1.88. The van der Waals surface area contributed by atoms with Gasteiger partial charge in [0.2, 0.25) is 0 Å². The summed E-state index contributed by atoms with van der Waals surface area (Å²) >= 11 is 5.80. The van der Waals surface area contributed by atoms with Gasteiger partial charge in [-0.05, 0) is 6.07 Å². The molecule has 0 atom stereocenters. The van der Waals surface area contributed by atoms with Crippen molar-refractivity contribution in [3.63, 3.8) is 0 Å². The second-order valence-corrected chi connectivity index (χ2v) is 3.02. The number of nitrogens with zero attached hydrogens (tertiary/aromatic N) is 1. The molecule has 0 aromatic heterocycles. The van der Waals surface area contributed by atoms with E-state index >= 15 is 0 Å². The minimum Gasteiger partial charge on any atom is -0.492 e. The normalized spacial score (nSPS) is 9.20. The summed E-state index contributed by atoms with van der Waals surface area (Å²) in [6.07, 6.45) is 0.560. The van der Waals surface area contributed by atoms with Gasteiger partial charge in [0.15, 0.2) is 17.8 Å². The van der Waals surface area contributed by atoms with E-state index in [4.69, 9.17) is 26.3 Å². The first kappa shape index (κ1) is 11.3. The highest BCUT2D eigenvalue weighted by Crippen LogP contribution is 2.37. The van der Waals surface area contributed by atoms with Gasteiger partial charge < -0.3 is 9.47 Å². The molecule has 0 aliphatic heterocycles. The van der Waals surface area contributed by atoms with Crippen LogP contribution in [0.1, 0.15) is 15.9 Å². The van der Waals surface area contributed by atoms with Crippen molar-refractivity contribution in [2.45, 2.75) is 0 Å². The number of rotatable bonds is 3. The van der Waals surface area contributed by atoms with E-state index in [9.17, 15) is 4.79 Å². The molecule has 5 heteroatoms. The van der Waals surface area contributed by atoms with Gasteiger partial charge in [-0.2, -0.15) is 5.26 Å². The Bertz CT molecular complexity index is 437. The zero-order chi connectivity index (χ0) is 11.4. The molecule has 0 bridgehead atoms. The monoisotopic (exact) mass is 225 g/mol. The first-order valence-corrected chi connectivity index (χ1v) is 4.37. The highest BCUT2D eigenvalue weighted by Gasteiger charge is 2.18. The van der Waals surface area contributed by atoms with Crippen LogP contribution in [0.2, 0.25) is 5.02 Å². The molecule has 0 spiro atoms. The molecule has 0 fully saturated rings. The number of hydrogen-bond donors (Lipinski definition) is 0. The second kappa shape index (κ2) is 4.67. The van der Waals surface area contributed by atoms with Gasteiger partial charge in [-0.15, -0.1) is 0 Å². The van der Waals surface area contributed by atoms with E-state index < -0.39 is 0 Å². The maximum Gasteiger partial charge on any atom is 0.179 e. The number of carbonyl (C=O) groups excluding carboxylic acids is 1. The van der Waals surface area contributed by atoms with Crippen molar-refractivity contribution in [3.05, 3.63) is 22.2 Å². The molecule has 0 N–H and O–H groups in total. The van der Waals surface area contributed by atoms with E-state index in [2.05, 4.69) is 0 Å². The predicted octanol–water partition coefficient (Wildman–Crippen LogP) is 2.04. The molecular weight excluding hydrogens is 218 g/mol. The summed E-state index contributed by atoms with van der Waals surface area (Å²) < 4.78 is 9.98. The number of benzene rings is 1. The smallest absolute Gasteiger partial charge is 0.179 e. The van der Waals surface area contributed by atoms with Crippen LogP contribution in [0, 0.1) is 11.3 Å². The van der Waals surface area contributed by atoms with Crippen molar-refractivity contribution in [2.75, 3.05) is 14.2 Å². The summed E-state index contributed by atoms with van der Waals surface area (Å²) in [5, 5.41) is 8.99. The molecule has 15 heavy (non-hydrogen) atoms. The lowest BCUT2D eigenvalue weighted by Gasteiger charge is -2.11. The molecule has 0 heterocycles. The van der Waals surface area contributed by atoms with Crippen LogP contribution in [0.5, 0.6) is 11.5 Å². The predicted molar refractivity (Wildman–Crippen MR) is 54.7 cm³/mol. The van der Waals surface area contributed by atoms with Crippen LogP contribution < -0.4 is 9.47 Å². The zero-order valence-electron chi connectivity index (χ0n) is 8.20. The van der Waals surface area contributed by atoms with Crippen LogP contribution in [0.4, 0.5) is 0 Å². The zero-order valence-corrected chi connectivity index (χ0v) is 8.96. The van der Waals surface area contributed by atoms with Gasteiger partial charge in [0.1, 0.15) is 6.07 Å². The number of methoxy groups -OCH3 is 2. The molecule has 0 amide bonds. The maximum atomic E-state index is 10.8. The third-order valence-electron chi connectivity index (χ3n) is 1.87. The van der Waals surface area contributed by atoms with Crippen LogP contribution >= 0.6 is 11.6 Å². The minimum atomic E-state index is 0.166. The Balaban J connectivity index is 3.60. The van der Waals surface area contributed by atoms with Gasteiger partial charge >= 0.3 is 0 Å². The number of aldehydes is 1. The highest BCUT2D eigenvalue weighted by atomic mass is 35.5. The molecule has 1 aromatic rings. The Morgan fingerprint density at radius 3 is 2.40 bits per heavy atom. The maximum absolute atomic E-state index is 10.8. The molecule has 0 aliphatic carbocycles. The average molecular weight is 226 g/mol. The van der Waals surface area contributed by atoms with Gasteiger partial charge in [-0.25, -0.2) is 0 Å². The molecule has 4 nitrogen and oxygen atoms in total. The summed E-state index contributed by atoms with van der Waals surface area (Å²) in [6, 6.07) is 3.28. The Morgan fingerprint density at radius 1 is 1.40 bits per heavy atom. The van der Waals surface area contributed by atoms with Gasteiger partial charge in [0, 0.05) is 0 Å². The fourth-order valence-electron chi connectivity index (χ4n) is 1.22. The molecular formula is C10H8ClNO3. The Kier molecular flexibility index (Phi) is 3.53.